The van der Waals surface area contributed by atoms with Crippen molar-refractivity contribution < 1.29 is 28.4 Å². The number of hydrogen-bond donors (Lipinski definition) is 2. The van der Waals surface area contributed by atoms with Crippen LogP contribution in [-0.2, 0) is 4.79 Å². The van der Waals surface area contributed by atoms with Gasteiger partial charge >= 0.3 is 5.97 Å². The fraction of sp³-hybridized carbons (Fsp3) is 0.273. The first kappa shape index (κ1) is 21.8. The Labute approximate surface area is 178 Å². The van der Waals surface area contributed by atoms with E-state index in [0.717, 1.165) is 0 Å². The predicted octanol–water partition coefficient (Wildman–Crippen LogP) is 3.95. The van der Waals surface area contributed by atoms with Gasteiger partial charge in [-0.3, -0.25) is 9.59 Å². The number of carboxylic acid groups (broad SMARTS) is 1. The molecule has 3 aromatic rings. The van der Waals surface area contributed by atoms with Crippen LogP contribution in [0, 0.1) is 6.92 Å². The van der Waals surface area contributed by atoms with Gasteiger partial charge < -0.3 is 24.3 Å². The van der Waals surface area contributed by atoms with E-state index in [0.29, 0.717) is 41.0 Å². The zero-order valence-electron chi connectivity index (χ0n) is 17.7. The zero-order chi connectivity index (χ0) is 22.7. The smallest absolute Gasteiger partial charge is 0.374 e. The van der Waals surface area contributed by atoms with Crippen molar-refractivity contribution in [3.05, 3.63) is 53.1 Å². The van der Waals surface area contributed by atoms with E-state index in [9.17, 15) is 19.5 Å². The third-order valence-corrected chi connectivity index (χ3v) is 4.99. The number of hydrogen-bond acceptors (Lipinski definition) is 6. The highest BCUT2D eigenvalue weighted by Crippen LogP contribution is 2.34. The molecule has 0 saturated carbocycles. The molecule has 9 heteroatoms. The highest BCUT2D eigenvalue weighted by atomic mass is 16.5. The molecular formula is C22H23N3O6. The summed E-state index contributed by atoms with van der Waals surface area (Å²) in [6, 6.07) is 5.02. The van der Waals surface area contributed by atoms with Crippen molar-refractivity contribution in [2.45, 2.75) is 27.7 Å². The molecule has 0 radical (unpaired) electrons. The molecule has 0 saturated heterocycles. The topological polar surface area (TPSA) is 126 Å². The number of carboxylic acids is 1. The first-order valence-corrected chi connectivity index (χ1v) is 9.76. The van der Waals surface area contributed by atoms with Crippen molar-refractivity contribution in [1.29, 1.82) is 0 Å². The summed E-state index contributed by atoms with van der Waals surface area (Å²) in [5, 5.41) is 16.1. The Morgan fingerprint density at radius 3 is 2.52 bits per heavy atom. The van der Waals surface area contributed by atoms with E-state index in [-0.39, 0.29) is 17.2 Å². The first-order valence-electron chi connectivity index (χ1n) is 9.76. The van der Waals surface area contributed by atoms with E-state index in [1.165, 1.54) is 12.3 Å². The quantitative estimate of drug-likeness (QED) is 0.549. The number of nitrogens with zero attached hydrogens (tertiary/aromatic N) is 2. The number of fused-ring (bicyclic) bond motifs is 1. The van der Waals surface area contributed by atoms with Gasteiger partial charge in [-0.25, -0.2) is 4.79 Å². The molecule has 3 rings (SSSR count). The van der Waals surface area contributed by atoms with E-state index < -0.39 is 17.6 Å². The Kier molecular flexibility index (Phi) is 6.24. The minimum absolute atomic E-state index is 0.0258. The van der Waals surface area contributed by atoms with Crippen LogP contribution in [0.25, 0.3) is 16.5 Å². The molecule has 0 unspecified atom stereocenters. The van der Waals surface area contributed by atoms with Crippen LogP contribution < -0.4 is 5.32 Å². The highest BCUT2D eigenvalue weighted by Gasteiger charge is 2.24. The number of aryl methyl sites for hydroxylation is 1. The number of nitrogens with one attached hydrogen (secondary N) is 1. The molecule has 2 heterocycles. The average molecular weight is 425 g/mol. The molecule has 9 nitrogen and oxygen atoms in total. The molecule has 31 heavy (non-hydrogen) atoms. The number of likely N-dealkylation sites (N-methyl/N-ethyl adjacent to an activating group) is 1. The van der Waals surface area contributed by atoms with E-state index in [2.05, 4.69) is 10.5 Å². The maximum Gasteiger partial charge on any atom is 0.374 e. The number of allylic oxidation sites excluding steroid dienone is 1. The summed E-state index contributed by atoms with van der Waals surface area (Å²) in [5.74, 6) is -2.10. The molecule has 0 aliphatic carbocycles. The molecule has 0 aliphatic rings. The summed E-state index contributed by atoms with van der Waals surface area (Å²) in [6.45, 7) is 8.37. The number of carbonyl (C=O) groups excluding carboxylic acids is 2. The summed E-state index contributed by atoms with van der Waals surface area (Å²) in [4.78, 5) is 38.4. The van der Waals surface area contributed by atoms with E-state index in [1.54, 1.807) is 36.9 Å². The maximum atomic E-state index is 12.6. The lowest BCUT2D eigenvalue weighted by atomic mass is 10.0. The average Bonchev–Trinajstić information content (AvgIpc) is 3.32. The van der Waals surface area contributed by atoms with Gasteiger partial charge in [0.2, 0.25) is 11.7 Å². The van der Waals surface area contributed by atoms with Crippen LogP contribution in [-0.4, -0.2) is 46.0 Å². The second-order valence-corrected chi connectivity index (χ2v) is 6.91. The normalized spacial score (nSPS) is 11.5. The molecule has 0 fully saturated rings. The molecule has 2 amide bonds. The van der Waals surface area contributed by atoms with Crippen LogP contribution in [0.1, 0.15) is 53.0 Å². The van der Waals surface area contributed by atoms with Gasteiger partial charge in [0.1, 0.15) is 22.6 Å². The van der Waals surface area contributed by atoms with Crippen molar-refractivity contribution in [1.82, 2.24) is 10.1 Å². The Balaban J connectivity index is 2.04. The highest BCUT2D eigenvalue weighted by molar-refractivity contribution is 6.13. The molecule has 0 atom stereocenters. The fourth-order valence-electron chi connectivity index (χ4n) is 3.21. The lowest BCUT2D eigenvalue weighted by Crippen LogP contribution is -2.28. The Morgan fingerprint density at radius 2 is 1.94 bits per heavy atom. The van der Waals surface area contributed by atoms with Crippen LogP contribution in [0.2, 0.25) is 0 Å². The van der Waals surface area contributed by atoms with E-state index in [4.69, 9.17) is 8.94 Å². The monoisotopic (exact) mass is 425 g/mol. The van der Waals surface area contributed by atoms with E-state index in [1.807, 2.05) is 13.8 Å². The van der Waals surface area contributed by atoms with Gasteiger partial charge in [-0.05, 0) is 51.0 Å². The molecule has 2 N–H and O–H groups in total. The first-order chi connectivity index (χ1) is 14.8. The van der Waals surface area contributed by atoms with Gasteiger partial charge in [0.25, 0.3) is 5.91 Å². The lowest BCUT2D eigenvalue weighted by Gasteiger charge is -2.16. The lowest BCUT2D eigenvalue weighted by molar-refractivity contribution is -0.125. The van der Waals surface area contributed by atoms with Crippen molar-refractivity contribution in [3.8, 4) is 0 Å². The SMILES string of the molecule is CCN(CC)C(=O)/C=C(/C)c1ccc2oc(C(=O)O)c(NC(=O)c3cnoc3C)c2c1. The van der Waals surface area contributed by atoms with Crippen LogP contribution >= 0.6 is 0 Å². The molecule has 162 valence electrons. The number of amides is 2. The summed E-state index contributed by atoms with van der Waals surface area (Å²) in [6.07, 6.45) is 2.79. The minimum atomic E-state index is -1.32. The van der Waals surface area contributed by atoms with Crippen molar-refractivity contribution in [3.63, 3.8) is 0 Å². The minimum Gasteiger partial charge on any atom is -0.475 e. The van der Waals surface area contributed by atoms with Gasteiger partial charge in [0.05, 0.1) is 6.20 Å². The van der Waals surface area contributed by atoms with Gasteiger partial charge in [0, 0.05) is 24.6 Å². The molecule has 0 bridgehead atoms. The largest absolute Gasteiger partial charge is 0.475 e. The molecule has 2 aromatic heterocycles. The molecule has 1 aromatic carbocycles. The number of aromatic nitrogens is 1. The molecular weight excluding hydrogens is 402 g/mol. The number of carbonyl (C=O) groups is 3. The summed E-state index contributed by atoms with van der Waals surface area (Å²) in [7, 11) is 0. The number of aromatic carboxylic acids is 1. The second-order valence-electron chi connectivity index (χ2n) is 6.91. The number of benzene rings is 1. The van der Waals surface area contributed by atoms with Crippen molar-refractivity contribution in [2.75, 3.05) is 18.4 Å². The number of furan rings is 1. The summed E-state index contributed by atoms with van der Waals surface area (Å²) >= 11 is 0. The third-order valence-electron chi connectivity index (χ3n) is 4.99. The number of anilines is 1. The predicted molar refractivity (Wildman–Crippen MR) is 114 cm³/mol. The van der Waals surface area contributed by atoms with Gasteiger partial charge in [-0.1, -0.05) is 11.2 Å². The van der Waals surface area contributed by atoms with Crippen LogP contribution in [0.5, 0.6) is 0 Å². The summed E-state index contributed by atoms with van der Waals surface area (Å²) in [5.41, 5.74) is 1.90. The Morgan fingerprint density at radius 1 is 1.23 bits per heavy atom. The molecule has 0 spiro atoms. The van der Waals surface area contributed by atoms with E-state index >= 15 is 0 Å². The maximum absolute atomic E-state index is 12.6. The van der Waals surface area contributed by atoms with Crippen LogP contribution in [0.15, 0.2) is 39.4 Å². The van der Waals surface area contributed by atoms with Gasteiger partial charge in [0.15, 0.2) is 0 Å². The molecule has 0 aliphatic heterocycles. The van der Waals surface area contributed by atoms with Gasteiger partial charge in [-0.15, -0.1) is 0 Å². The van der Waals surface area contributed by atoms with Crippen molar-refractivity contribution in [2.24, 2.45) is 0 Å². The third kappa shape index (κ3) is 4.35. The summed E-state index contributed by atoms with van der Waals surface area (Å²) < 4.78 is 10.4. The standard InChI is InChI=1S/C22H23N3O6/c1-5-25(6-2)18(26)9-12(3)14-7-8-17-15(10-14)19(20(30-17)22(28)29)24-21(27)16-11-23-31-13(16)4/h7-11H,5-6H2,1-4H3,(H,24,27)(H,28,29)/b12-9-. The van der Waals surface area contributed by atoms with Crippen molar-refractivity contribution >= 4 is 40.0 Å². The zero-order valence-corrected chi connectivity index (χ0v) is 17.7. The number of rotatable bonds is 7. The Hall–Kier alpha value is -3.88. The van der Waals surface area contributed by atoms with Crippen LogP contribution in [0.3, 0.4) is 0 Å². The second kappa shape index (κ2) is 8.86. The van der Waals surface area contributed by atoms with Gasteiger partial charge in [-0.2, -0.15) is 0 Å². The Bertz CT molecular complexity index is 1180. The fourth-order valence-corrected chi connectivity index (χ4v) is 3.21. The van der Waals surface area contributed by atoms with Crippen LogP contribution in [0.4, 0.5) is 5.69 Å².